The van der Waals surface area contributed by atoms with Gasteiger partial charge in [0.2, 0.25) is 10.0 Å². The fourth-order valence-electron chi connectivity index (χ4n) is 2.11. The molecular formula is C16H20N2O2S. The van der Waals surface area contributed by atoms with E-state index < -0.39 is 10.0 Å². The first-order valence-electron chi connectivity index (χ1n) is 6.95. The smallest absolute Gasteiger partial charge is 0.214 e. The van der Waals surface area contributed by atoms with Gasteiger partial charge < -0.3 is 0 Å². The molecule has 1 aromatic carbocycles. The Bertz CT molecular complexity index is 642. The standard InChI is InChI=1S/C16H20N2O2S/c1-18(14-16-9-5-11-17-13-16)21(19,20)12-6-10-15-7-3-2-4-8-15/h2-5,7-9,11,13H,6,10,12,14H2,1H3. The van der Waals surface area contributed by atoms with E-state index in [9.17, 15) is 8.42 Å². The molecule has 1 heterocycles. The van der Waals surface area contributed by atoms with E-state index in [0.717, 1.165) is 12.0 Å². The molecule has 2 rings (SSSR count). The molecule has 0 N–H and O–H groups in total. The molecule has 1 aromatic heterocycles. The van der Waals surface area contributed by atoms with Gasteiger partial charge in [-0.25, -0.2) is 12.7 Å². The van der Waals surface area contributed by atoms with Crippen LogP contribution in [0.5, 0.6) is 0 Å². The van der Waals surface area contributed by atoms with E-state index in [-0.39, 0.29) is 5.75 Å². The van der Waals surface area contributed by atoms with E-state index >= 15 is 0 Å². The molecule has 0 fully saturated rings. The van der Waals surface area contributed by atoms with Crippen LogP contribution < -0.4 is 0 Å². The second-order valence-corrected chi connectivity index (χ2v) is 7.22. The van der Waals surface area contributed by atoms with Crippen LogP contribution in [0.4, 0.5) is 0 Å². The lowest BCUT2D eigenvalue weighted by Gasteiger charge is -2.17. The third-order valence-corrected chi connectivity index (χ3v) is 5.20. The Balaban J connectivity index is 1.86. The van der Waals surface area contributed by atoms with Crippen LogP contribution in [0.25, 0.3) is 0 Å². The summed E-state index contributed by atoms with van der Waals surface area (Å²) in [7, 11) is -1.61. The topological polar surface area (TPSA) is 50.3 Å². The Morgan fingerprint density at radius 3 is 2.43 bits per heavy atom. The minimum Gasteiger partial charge on any atom is -0.264 e. The van der Waals surface area contributed by atoms with Crippen molar-refractivity contribution >= 4 is 10.0 Å². The van der Waals surface area contributed by atoms with Crippen molar-refractivity contribution in [2.45, 2.75) is 19.4 Å². The van der Waals surface area contributed by atoms with Gasteiger partial charge >= 0.3 is 0 Å². The Kier molecular flexibility index (Phi) is 5.47. The van der Waals surface area contributed by atoms with Gasteiger partial charge in [-0.3, -0.25) is 4.98 Å². The molecule has 0 saturated heterocycles. The molecule has 0 amide bonds. The molecule has 0 spiro atoms. The predicted octanol–water partition coefficient (Wildman–Crippen LogP) is 2.48. The minimum absolute atomic E-state index is 0.165. The van der Waals surface area contributed by atoms with Gasteiger partial charge in [0, 0.05) is 26.0 Å². The molecule has 0 radical (unpaired) electrons. The normalized spacial score (nSPS) is 11.7. The van der Waals surface area contributed by atoms with Crippen molar-refractivity contribution in [1.29, 1.82) is 0 Å². The molecule has 0 unspecified atom stereocenters. The summed E-state index contributed by atoms with van der Waals surface area (Å²) >= 11 is 0. The van der Waals surface area contributed by atoms with Crippen LogP contribution in [0.3, 0.4) is 0 Å². The van der Waals surface area contributed by atoms with Crippen molar-refractivity contribution in [3.8, 4) is 0 Å². The fourth-order valence-corrected chi connectivity index (χ4v) is 3.27. The highest BCUT2D eigenvalue weighted by Crippen LogP contribution is 2.09. The Labute approximate surface area is 126 Å². The Morgan fingerprint density at radius 1 is 1.05 bits per heavy atom. The zero-order valence-corrected chi connectivity index (χ0v) is 13.0. The largest absolute Gasteiger partial charge is 0.264 e. The Hall–Kier alpha value is -1.72. The van der Waals surface area contributed by atoms with Gasteiger partial charge in [0.15, 0.2) is 0 Å². The number of hydrogen-bond acceptors (Lipinski definition) is 3. The van der Waals surface area contributed by atoms with Crippen LogP contribution in [-0.2, 0) is 23.0 Å². The summed E-state index contributed by atoms with van der Waals surface area (Å²) in [4.78, 5) is 4.00. The Morgan fingerprint density at radius 2 is 1.76 bits per heavy atom. The average molecular weight is 304 g/mol. The number of rotatable bonds is 7. The third kappa shape index (κ3) is 4.95. The van der Waals surface area contributed by atoms with Crippen LogP contribution in [0.2, 0.25) is 0 Å². The summed E-state index contributed by atoms with van der Waals surface area (Å²) in [5.41, 5.74) is 2.06. The van der Waals surface area contributed by atoms with E-state index in [0.29, 0.717) is 13.0 Å². The molecule has 2 aromatic rings. The first-order chi connectivity index (χ1) is 10.1. The first kappa shape index (κ1) is 15.7. The van der Waals surface area contributed by atoms with E-state index in [4.69, 9.17) is 0 Å². The number of aryl methyl sites for hydroxylation is 1. The quantitative estimate of drug-likeness (QED) is 0.789. The second kappa shape index (κ2) is 7.33. The predicted molar refractivity (Wildman–Crippen MR) is 84.3 cm³/mol. The van der Waals surface area contributed by atoms with Crippen LogP contribution in [-0.4, -0.2) is 30.5 Å². The lowest BCUT2D eigenvalue weighted by molar-refractivity contribution is 0.465. The molecule has 4 nitrogen and oxygen atoms in total. The van der Waals surface area contributed by atoms with Gasteiger partial charge in [0.25, 0.3) is 0 Å². The van der Waals surface area contributed by atoms with Gasteiger partial charge in [-0.1, -0.05) is 36.4 Å². The first-order valence-corrected chi connectivity index (χ1v) is 8.56. The molecule has 5 heteroatoms. The maximum Gasteiger partial charge on any atom is 0.214 e. The summed E-state index contributed by atoms with van der Waals surface area (Å²) < 4.78 is 25.9. The van der Waals surface area contributed by atoms with E-state index in [1.54, 1.807) is 19.4 Å². The number of sulfonamides is 1. The summed E-state index contributed by atoms with van der Waals surface area (Å²) in [6.45, 7) is 0.363. The lowest BCUT2D eigenvalue weighted by Crippen LogP contribution is -2.29. The number of hydrogen-bond donors (Lipinski definition) is 0. The highest BCUT2D eigenvalue weighted by Gasteiger charge is 2.17. The number of pyridine rings is 1. The van der Waals surface area contributed by atoms with Crippen molar-refractivity contribution in [3.05, 3.63) is 66.0 Å². The third-order valence-electron chi connectivity index (χ3n) is 3.31. The fraction of sp³-hybridized carbons (Fsp3) is 0.312. The van der Waals surface area contributed by atoms with Crippen molar-refractivity contribution in [2.24, 2.45) is 0 Å². The molecule has 21 heavy (non-hydrogen) atoms. The SMILES string of the molecule is CN(Cc1cccnc1)S(=O)(=O)CCCc1ccccc1. The maximum atomic E-state index is 12.2. The summed E-state index contributed by atoms with van der Waals surface area (Å²) in [6.07, 6.45) is 4.78. The van der Waals surface area contributed by atoms with Crippen LogP contribution in [0.15, 0.2) is 54.9 Å². The molecule has 0 saturated carbocycles. The molecule has 0 aliphatic rings. The molecule has 0 bridgehead atoms. The van der Waals surface area contributed by atoms with Gasteiger partial charge in [-0.15, -0.1) is 0 Å². The van der Waals surface area contributed by atoms with Crippen LogP contribution in [0.1, 0.15) is 17.5 Å². The molecule has 112 valence electrons. The van der Waals surface area contributed by atoms with Crippen LogP contribution in [0, 0.1) is 0 Å². The monoisotopic (exact) mass is 304 g/mol. The molecule has 0 aliphatic carbocycles. The summed E-state index contributed by atoms with van der Waals surface area (Å²) in [5, 5.41) is 0. The lowest BCUT2D eigenvalue weighted by atomic mass is 10.1. The second-order valence-electron chi connectivity index (χ2n) is 5.02. The maximum absolute atomic E-state index is 12.2. The number of benzene rings is 1. The van der Waals surface area contributed by atoms with E-state index in [2.05, 4.69) is 4.98 Å². The minimum atomic E-state index is -3.22. The number of aromatic nitrogens is 1. The van der Waals surface area contributed by atoms with E-state index in [1.807, 2.05) is 42.5 Å². The number of nitrogens with zero attached hydrogens (tertiary/aromatic N) is 2. The van der Waals surface area contributed by atoms with Crippen molar-refractivity contribution in [2.75, 3.05) is 12.8 Å². The summed E-state index contributed by atoms with van der Waals surface area (Å²) in [6, 6.07) is 13.6. The highest BCUT2D eigenvalue weighted by atomic mass is 32.2. The van der Waals surface area contributed by atoms with Gasteiger partial charge in [0.05, 0.1) is 5.75 Å². The summed E-state index contributed by atoms with van der Waals surface area (Å²) in [5.74, 6) is 0.165. The highest BCUT2D eigenvalue weighted by molar-refractivity contribution is 7.89. The van der Waals surface area contributed by atoms with Crippen LogP contribution >= 0.6 is 0 Å². The van der Waals surface area contributed by atoms with Crippen molar-refractivity contribution in [1.82, 2.24) is 9.29 Å². The van der Waals surface area contributed by atoms with E-state index in [1.165, 1.54) is 9.87 Å². The van der Waals surface area contributed by atoms with Gasteiger partial charge in [-0.2, -0.15) is 0 Å². The van der Waals surface area contributed by atoms with Crippen molar-refractivity contribution in [3.63, 3.8) is 0 Å². The van der Waals surface area contributed by atoms with Gasteiger partial charge in [-0.05, 0) is 30.0 Å². The average Bonchev–Trinajstić information content (AvgIpc) is 2.49. The molecule has 0 atom stereocenters. The zero-order chi connectivity index (χ0) is 15.1. The molecule has 0 aliphatic heterocycles. The zero-order valence-electron chi connectivity index (χ0n) is 12.1. The van der Waals surface area contributed by atoms with Gasteiger partial charge in [0.1, 0.15) is 0 Å². The molecular weight excluding hydrogens is 284 g/mol. The van der Waals surface area contributed by atoms with Crippen molar-refractivity contribution < 1.29 is 8.42 Å².